The lowest BCUT2D eigenvalue weighted by Crippen LogP contribution is -2.43. The van der Waals surface area contributed by atoms with Gasteiger partial charge in [0.2, 0.25) is 0 Å². The third-order valence-electron chi connectivity index (χ3n) is 5.06. The Morgan fingerprint density at radius 2 is 2.00 bits per heavy atom. The lowest BCUT2D eigenvalue weighted by molar-refractivity contribution is 0.114. The third kappa shape index (κ3) is 4.54. The van der Waals surface area contributed by atoms with Crippen LogP contribution in [0.5, 0.6) is 0 Å². The Bertz CT molecular complexity index is 449. The fraction of sp³-hybridized carbons (Fsp3) is 0.684. The van der Waals surface area contributed by atoms with E-state index in [-0.39, 0.29) is 5.82 Å². The average molecular weight is 291 g/mol. The topological polar surface area (TPSA) is 12.0 Å². The molecule has 0 spiro atoms. The van der Waals surface area contributed by atoms with Gasteiger partial charge in [0.1, 0.15) is 5.82 Å². The zero-order chi connectivity index (χ0) is 15.5. The molecule has 1 aromatic carbocycles. The minimum atomic E-state index is -0.115. The highest BCUT2D eigenvalue weighted by Gasteiger charge is 2.35. The van der Waals surface area contributed by atoms with E-state index < -0.39 is 0 Å². The van der Waals surface area contributed by atoms with Gasteiger partial charge in [-0.15, -0.1) is 0 Å². The lowest BCUT2D eigenvalue weighted by Gasteiger charge is -2.42. The van der Waals surface area contributed by atoms with Gasteiger partial charge < -0.3 is 5.32 Å². The first-order valence-electron chi connectivity index (χ1n) is 8.38. The standard InChI is InChI=1S/C19H30FN/c1-5-21-18-10-9-16(19(2,3)4)13-15(18)11-14-7-6-8-17(20)12-14/h6-8,12,15-16,18,21H,5,9-11,13H2,1-4H3. The Kier molecular flexibility index (Phi) is 5.43. The van der Waals surface area contributed by atoms with Crippen molar-refractivity contribution in [2.75, 3.05) is 6.54 Å². The second-order valence-electron chi connectivity index (χ2n) is 7.63. The van der Waals surface area contributed by atoms with E-state index in [4.69, 9.17) is 0 Å². The molecular formula is C19H30FN. The summed E-state index contributed by atoms with van der Waals surface area (Å²) in [5.74, 6) is 1.27. The Morgan fingerprint density at radius 3 is 2.62 bits per heavy atom. The molecule has 0 bridgehead atoms. The molecule has 3 atom stereocenters. The number of halogens is 1. The van der Waals surface area contributed by atoms with Gasteiger partial charge in [-0.05, 0) is 67.2 Å². The Morgan fingerprint density at radius 1 is 1.24 bits per heavy atom. The van der Waals surface area contributed by atoms with Crippen LogP contribution >= 0.6 is 0 Å². The van der Waals surface area contributed by atoms with Gasteiger partial charge in [-0.25, -0.2) is 4.39 Å². The molecule has 0 heterocycles. The zero-order valence-corrected chi connectivity index (χ0v) is 14.0. The molecule has 0 amide bonds. The zero-order valence-electron chi connectivity index (χ0n) is 14.0. The lowest BCUT2D eigenvalue weighted by atomic mass is 9.66. The first-order chi connectivity index (χ1) is 9.90. The van der Waals surface area contributed by atoms with Crippen molar-refractivity contribution in [3.05, 3.63) is 35.6 Å². The molecule has 118 valence electrons. The molecule has 1 aliphatic carbocycles. The molecule has 1 saturated carbocycles. The van der Waals surface area contributed by atoms with Crippen molar-refractivity contribution >= 4 is 0 Å². The molecule has 21 heavy (non-hydrogen) atoms. The summed E-state index contributed by atoms with van der Waals surface area (Å²) in [5.41, 5.74) is 1.51. The van der Waals surface area contributed by atoms with E-state index >= 15 is 0 Å². The van der Waals surface area contributed by atoms with Crippen molar-refractivity contribution in [3.63, 3.8) is 0 Å². The van der Waals surface area contributed by atoms with Crippen molar-refractivity contribution in [2.45, 2.75) is 59.4 Å². The van der Waals surface area contributed by atoms with Crippen molar-refractivity contribution < 1.29 is 4.39 Å². The Hall–Kier alpha value is -0.890. The van der Waals surface area contributed by atoms with Crippen LogP contribution in [0.4, 0.5) is 4.39 Å². The maximum atomic E-state index is 13.4. The summed E-state index contributed by atoms with van der Waals surface area (Å²) in [7, 11) is 0. The summed E-state index contributed by atoms with van der Waals surface area (Å²) >= 11 is 0. The second-order valence-corrected chi connectivity index (χ2v) is 7.63. The molecule has 0 radical (unpaired) electrons. The van der Waals surface area contributed by atoms with E-state index in [1.54, 1.807) is 6.07 Å². The van der Waals surface area contributed by atoms with Gasteiger partial charge in [0, 0.05) is 6.04 Å². The smallest absolute Gasteiger partial charge is 0.123 e. The van der Waals surface area contributed by atoms with Crippen LogP contribution in [0.3, 0.4) is 0 Å². The summed E-state index contributed by atoms with van der Waals surface area (Å²) in [5, 5.41) is 3.65. The highest BCUT2D eigenvalue weighted by Crippen LogP contribution is 2.41. The maximum Gasteiger partial charge on any atom is 0.123 e. The number of nitrogens with one attached hydrogen (secondary N) is 1. The van der Waals surface area contributed by atoms with Crippen molar-refractivity contribution in [3.8, 4) is 0 Å². The molecule has 3 unspecified atom stereocenters. The molecule has 1 nitrogen and oxygen atoms in total. The molecule has 2 rings (SSSR count). The number of rotatable bonds is 4. The molecule has 1 N–H and O–H groups in total. The van der Waals surface area contributed by atoms with E-state index in [1.807, 2.05) is 6.07 Å². The SMILES string of the molecule is CCNC1CCC(C(C)(C)C)CC1Cc1cccc(F)c1. The van der Waals surface area contributed by atoms with Gasteiger partial charge in [0.15, 0.2) is 0 Å². The quantitative estimate of drug-likeness (QED) is 0.839. The van der Waals surface area contributed by atoms with Crippen LogP contribution in [0.2, 0.25) is 0 Å². The summed E-state index contributed by atoms with van der Waals surface area (Å²) < 4.78 is 13.4. The van der Waals surface area contributed by atoms with E-state index in [1.165, 1.54) is 25.3 Å². The molecule has 2 heteroatoms. The Balaban J connectivity index is 2.10. The van der Waals surface area contributed by atoms with Crippen LogP contribution in [-0.2, 0) is 6.42 Å². The highest BCUT2D eigenvalue weighted by atomic mass is 19.1. The van der Waals surface area contributed by atoms with E-state index in [0.29, 0.717) is 17.4 Å². The predicted octanol–water partition coefficient (Wildman–Crippen LogP) is 4.81. The van der Waals surface area contributed by atoms with Crippen LogP contribution in [0.15, 0.2) is 24.3 Å². The second kappa shape index (κ2) is 6.91. The molecule has 0 aromatic heterocycles. The van der Waals surface area contributed by atoms with Crippen LogP contribution in [0.1, 0.15) is 52.5 Å². The Labute approximate surface area is 129 Å². The molecule has 1 aromatic rings. The van der Waals surface area contributed by atoms with Gasteiger partial charge in [-0.1, -0.05) is 39.8 Å². The van der Waals surface area contributed by atoms with Crippen molar-refractivity contribution in [1.82, 2.24) is 5.32 Å². The van der Waals surface area contributed by atoms with Crippen LogP contribution in [-0.4, -0.2) is 12.6 Å². The molecule has 1 aliphatic rings. The minimum absolute atomic E-state index is 0.115. The maximum absolute atomic E-state index is 13.4. The van der Waals surface area contributed by atoms with E-state index in [2.05, 4.69) is 39.1 Å². The highest BCUT2D eigenvalue weighted by molar-refractivity contribution is 5.17. The average Bonchev–Trinajstić information content (AvgIpc) is 2.40. The predicted molar refractivity (Wildman–Crippen MR) is 87.9 cm³/mol. The minimum Gasteiger partial charge on any atom is -0.314 e. The van der Waals surface area contributed by atoms with Crippen molar-refractivity contribution in [1.29, 1.82) is 0 Å². The van der Waals surface area contributed by atoms with Gasteiger partial charge in [-0.3, -0.25) is 0 Å². The van der Waals surface area contributed by atoms with Crippen LogP contribution in [0, 0.1) is 23.1 Å². The van der Waals surface area contributed by atoms with Gasteiger partial charge in [0.05, 0.1) is 0 Å². The van der Waals surface area contributed by atoms with Gasteiger partial charge in [0.25, 0.3) is 0 Å². The fourth-order valence-corrected chi connectivity index (χ4v) is 3.77. The van der Waals surface area contributed by atoms with E-state index in [9.17, 15) is 4.39 Å². The molecule has 1 fully saturated rings. The van der Waals surface area contributed by atoms with Gasteiger partial charge >= 0.3 is 0 Å². The van der Waals surface area contributed by atoms with Crippen LogP contribution in [0.25, 0.3) is 0 Å². The number of hydrogen-bond donors (Lipinski definition) is 1. The first kappa shape index (κ1) is 16.5. The normalized spacial score (nSPS) is 26.8. The monoisotopic (exact) mass is 291 g/mol. The van der Waals surface area contributed by atoms with Crippen molar-refractivity contribution in [2.24, 2.45) is 17.3 Å². The number of benzene rings is 1. The van der Waals surface area contributed by atoms with E-state index in [0.717, 1.165) is 24.4 Å². The van der Waals surface area contributed by atoms with Gasteiger partial charge in [-0.2, -0.15) is 0 Å². The molecule has 0 aliphatic heterocycles. The summed E-state index contributed by atoms with van der Waals surface area (Å²) in [6.07, 6.45) is 4.79. The summed E-state index contributed by atoms with van der Waals surface area (Å²) in [6, 6.07) is 7.70. The molecular weight excluding hydrogens is 261 g/mol. The van der Waals surface area contributed by atoms with Crippen LogP contribution < -0.4 is 5.32 Å². The third-order valence-corrected chi connectivity index (χ3v) is 5.06. The summed E-state index contributed by atoms with van der Waals surface area (Å²) in [4.78, 5) is 0. The number of hydrogen-bond acceptors (Lipinski definition) is 1. The largest absolute Gasteiger partial charge is 0.314 e. The summed E-state index contributed by atoms with van der Waals surface area (Å²) in [6.45, 7) is 10.2. The fourth-order valence-electron chi connectivity index (χ4n) is 3.77. The first-order valence-corrected chi connectivity index (χ1v) is 8.38. The molecule has 0 saturated heterocycles.